The number of rotatable bonds is 2. The lowest BCUT2D eigenvalue weighted by Gasteiger charge is -2.15. The molecule has 0 spiro atoms. The Balaban J connectivity index is 1.96. The van der Waals surface area contributed by atoms with Crippen molar-refractivity contribution < 1.29 is 13.5 Å². The third kappa shape index (κ3) is 2.61. The summed E-state index contributed by atoms with van der Waals surface area (Å²) in [6, 6.07) is 2.97. The van der Waals surface area contributed by atoms with Crippen LogP contribution in [0.2, 0.25) is 0 Å². The molecular weight excluding hydrogens is 290 g/mol. The van der Waals surface area contributed by atoms with Crippen LogP contribution in [-0.2, 0) is 5.41 Å². The van der Waals surface area contributed by atoms with Gasteiger partial charge in [-0.3, -0.25) is 5.10 Å². The normalized spacial score (nSPS) is 11.9. The summed E-state index contributed by atoms with van der Waals surface area (Å²) in [5, 5.41) is 7.82. The maximum absolute atomic E-state index is 13.6. The lowest BCUT2D eigenvalue weighted by atomic mass is 9.91. The van der Waals surface area contributed by atoms with E-state index in [1.807, 2.05) is 20.8 Å². The molecule has 0 bridgehead atoms. The van der Waals surface area contributed by atoms with Crippen LogP contribution in [0.4, 0.5) is 8.78 Å². The minimum atomic E-state index is -0.818. The smallest absolute Gasteiger partial charge is 0.324 e. The largest absolute Gasteiger partial charge is 0.421 e. The van der Waals surface area contributed by atoms with Gasteiger partial charge in [0.2, 0.25) is 0 Å². The van der Waals surface area contributed by atoms with Gasteiger partial charge in [0, 0.05) is 17.7 Å². The van der Waals surface area contributed by atoms with Gasteiger partial charge in [0.15, 0.2) is 17.2 Å². The Morgan fingerprint density at radius 3 is 2.64 bits per heavy atom. The van der Waals surface area contributed by atoms with Crippen molar-refractivity contribution in [1.29, 1.82) is 0 Å². The van der Waals surface area contributed by atoms with E-state index >= 15 is 0 Å². The molecule has 2 heterocycles. The van der Waals surface area contributed by atoms with Gasteiger partial charge in [-0.05, 0) is 12.1 Å². The first-order chi connectivity index (χ1) is 10.3. The summed E-state index contributed by atoms with van der Waals surface area (Å²) in [5.41, 5.74) is 1.20. The van der Waals surface area contributed by atoms with E-state index in [1.165, 1.54) is 6.07 Å². The number of nitrogens with zero attached hydrogens (tertiary/aromatic N) is 3. The molecule has 114 valence electrons. The zero-order valence-electron chi connectivity index (χ0n) is 12.3. The molecule has 3 aromatic rings. The number of halogens is 2. The van der Waals surface area contributed by atoms with E-state index in [2.05, 4.69) is 20.2 Å². The van der Waals surface area contributed by atoms with Gasteiger partial charge in [-0.1, -0.05) is 20.8 Å². The quantitative estimate of drug-likeness (QED) is 0.783. The standard InChI is InChI=1S/C15H14F2N4O/c1-15(2,3)12-9-7-18-14(19-13(9)21-20-12)22-11-5-4-8(16)6-10(11)17/h4-7H,1-3H3,(H,18,19,20,21). The number of fused-ring (bicyclic) bond motifs is 1. The van der Waals surface area contributed by atoms with E-state index in [4.69, 9.17) is 4.74 Å². The second-order valence-electron chi connectivity index (χ2n) is 5.92. The molecule has 22 heavy (non-hydrogen) atoms. The van der Waals surface area contributed by atoms with E-state index in [1.54, 1.807) is 6.20 Å². The third-order valence-electron chi connectivity index (χ3n) is 3.13. The van der Waals surface area contributed by atoms with Gasteiger partial charge >= 0.3 is 6.01 Å². The molecule has 0 fully saturated rings. The molecule has 0 saturated heterocycles. The van der Waals surface area contributed by atoms with Crippen molar-refractivity contribution in [2.45, 2.75) is 26.2 Å². The molecule has 1 N–H and O–H groups in total. The van der Waals surface area contributed by atoms with Crippen molar-refractivity contribution in [2.75, 3.05) is 0 Å². The van der Waals surface area contributed by atoms with Crippen LogP contribution in [0, 0.1) is 11.6 Å². The number of nitrogens with one attached hydrogen (secondary N) is 1. The van der Waals surface area contributed by atoms with E-state index in [-0.39, 0.29) is 17.2 Å². The number of hydrogen-bond acceptors (Lipinski definition) is 4. The Morgan fingerprint density at radius 1 is 1.18 bits per heavy atom. The highest BCUT2D eigenvalue weighted by atomic mass is 19.1. The van der Waals surface area contributed by atoms with E-state index < -0.39 is 11.6 Å². The number of aromatic amines is 1. The number of benzene rings is 1. The SMILES string of the molecule is CC(C)(C)c1[nH]nc2nc(Oc3ccc(F)cc3F)ncc12. The molecule has 0 aliphatic carbocycles. The van der Waals surface area contributed by atoms with E-state index in [0.29, 0.717) is 5.65 Å². The molecule has 0 radical (unpaired) electrons. The summed E-state index contributed by atoms with van der Waals surface area (Å²) >= 11 is 0. The van der Waals surface area contributed by atoms with Crippen LogP contribution in [0.25, 0.3) is 11.0 Å². The zero-order valence-corrected chi connectivity index (χ0v) is 12.3. The van der Waals surface area contributed by atoms with Crippen molar-refractivity contribution in [2.24, 2.45) is 0 Å². The second kappa shape index (κ2) is 5.01. The van der Waals surface area contributed by atoms with Crippen LogP contribution in [0.15, 0.2) is 24.4 Å². The Hall–Kier alpha value is -2.57. The van der Waals surface area contributed by atoms with Gasteiger partial charge in [-0.25, -0.2) is 13.8 Å². The fourth-order valence-electron chi connectivity index (χ4n) is 2.07. The molecule has 0 atom stereocenters. The first kappa shape index (κ1) is 14.4. The Kier molecular flexibility index (Phi) is 3.27. The second-order valence-corrected chi connectivity index (χ2v) is 5.92. The fourth-order valence-corrected chi connectivity index (χ4v) is 2.07. The highest BCUT2D eigenvalue weighted by molar-refractivity contribution is 5.78. The summed E-state index contributed by atoms with van der Waals surface area (Å²) in [5.74, 6) is -1.64. The monoisotopic (exact) mass is 304 g/mol. The molecule has 0 unspecified atom stereocenters. The number of H-pyrrole nitrogens is 1. The summed E-state index contributed by atoms with van der Waals surface area (Å²) < 4.78 is 31.7. The van der Waals surface area contributed by atoms with Crippen LogP contribution < -0.4 is 4.74 Å². The fraction of sp³-hybridized carbons (Fsp3) is 0.267. The highest BCUT2D eigenvalue weighted by Gasteiger charge is 2.21. The van der Waals surface area contributed by atoms with Crippen LogP contribution in [0.5, 0.6) is 11.8 Å². The zero-order chi connectivity index (χ0) is 15.9. The van der Waals surface area contributed by atoms with Gasteiger partial charge in [0.1, 0.15) is 5.82 Å². The van der Waals surface area contributed by atoms with Gasteiger partial charge in [-0.2, -0.15) is 10.1 Å². The van der Waals surface area contributed by atoms with Gasteiger partial charge in [-0.15, -0.1) is 0 Å². The van der Waals surface area contributed by atoms with Gasteiger partial charge < -0.3 is 4.74 Å². The maximum Gasteiger partial charge on any atom is 0.324 e. The van der Waals surface area contributed by atoms with Gasteiger partial charge in [0.05, 0.1) is 11.1 Å². The molecule has 0 amide bonds. The van der Waals surface area contributed by atoms with Crippen molar-refractivity contribution in [3.63, 3.8) is 0 Å². The predicted octanol–water partition coefficient (Wildman–Crippen LogP) is 3.72. The maximum atomic E-state index is 13.6. The third-order valence-corrected chi connectivity index (χ3v) is 3.13. The van der Waals surface area contributed by atoms with Crippen molar-refractivity contribution in [1.82, 2.24) is 20.2 Å². The molecule has 5 nitrogen and oxygen atoms in total. The average molecular weight is 304 g/mol. The first-order valence-electron chi connectivity index (χ1n) is 6.69. The molecule has 2 aromatic heterocycles. The van der Waals surface area contributed by atoms with Crippen LogP contribution in [0.3, 0.4) is 0 Å². The topological polar surface area (TPSA) is 63.7 Å². The first-order valence-corrected chi connectivity index (χ1v) is 6.69. The minimum absolute atomic E-state index is 0.0510. The minimum Gasteiger partial charge on any atom is -0.421 e. The predicted molar refractivity (Wildman–Crippen MR) is 76.8 cm³/mol. The Bertz CT molecular complexity index is 839. The summed E-state index contributed by atoms with van der Waals surface area (Å²) in [6.07, 6.45) is 1.57. The summed E-state index contributed by atoms with van der Waals surface area (Å²) in [6.45, 7) is 6.12. The molecule has 7 heteroatoms. The van der Waals surface area contributed by atoms with Crippen molar-refractivity contribution in [3.05, 3.63) is 41.7 Å². The molecule has 0 aliphatic heterocycles. The Labute approximate surface area is 125 Å². The van der Waals surface area contributed by atoms with Crippen molar-refractivity contribution in [3.8, 4) is 11.8 Å². The molecule has 3 rings (SSSR count). The highest BCUT2D eigenvalue weighted by Crippen LogP contribution is 2.28. The lowest BCUT2D eigenvalue weighted by molar-refractivity contribution is 0.409. The number of ether oxygens (including phenoxy) is 1. The Morgan fingerprint density at radius 2 is 1.95 bits per heavy atom. The summed E-state index contributed by atoms with van der Waals surface area (Å²) in [7, 11) is 0. The van der Waals surface area contributed by atoms with E-state index in [9.17, 15) is 8.78 Å². The summed E-state index contributed by atoms with van der Waals surface area (Å²) in [4.78, 5) is 8.19. The van der Waals surface area contributed by atoms with Gasteiger partial charge in [0.25, 0.3) is 0 Å². The van der Waals surface area contributed by atoms with Crippen molar-refractivity contribution >= 4 is 11.0 Å². The van der Waals surface area contributed by atoms with E-state index in [0.717, 1.165) is 23.2 Å². The van der Waals surface area contributed by atoms with Crippen LogP contribution in [-0.4, -0.2) is 20.2 Å². The number of aromatic nitrogens is 4. The molecular formula is C15H14F2N4O. The molecule has 0 saturated carbocycles. The number of hydrogen-bond donors (Lipinski definition) is 1. The van der Waals surface area contributed by atoms with Crippen LogP contribution in [0.1, 0.15) is 26.5 Å². The molecule has 1 aromatic carbocycles. The van der Waals surface area contributed by atoms with Crippen LogP contribution >= 0.6 is 0 Å². The molecule has 0 aliphatic rings. The average Bonchev–Trinajstić information content (AvgIpc) is 2.85. The lowest BCUT2D eigenvalue weighted by Crippen LogP contribution is -2.12.